The van der Waals surface area contributed by atoms with Crippen LogP contribution in [-0.4, -0.2) is 45.2 Å². The summed E-state index contributed by atoms with van der Waals surface area (Å²) in [5, 5.41) is 9.39. The fraction of sp³-hybridized carbons (Fsp3) is 0.263. The number of anilines is 2. The van der Waals surface area contributed by atoms with E-state index < -0.39 is 16.0 Å². The number of benzene rings is 2. The Labute approximate surface area is 157 Å². The van der Waals surface area contributed by atoms with Crippen molar-refractivity contribution >= 4 is 33.3 Å². The summed E-state index contributed by atoms with van der Waals surface area (Å²) in [5.41, 5.74) is 1.54. The van der Waals surface area contributed by atoms with Crippen molar-refractivity contribution < 1.29 is 23.1 Å². The number of carbonyl (C=O) groups excluding carboxylic acids is 1. The molecule has 8 heteroatoms. The molecule has 1 saturated heterocycles. The molecule has 142 valence electrons. The highest BCUT2D eigenvalue weighted by Gasteiger charge is 2.32. The molecule has 1 aliphatic rings. The van der Waals surface area contributed by atoms with Gasteiger partial charge in [-0.25, -0.2) is 13.2 Å². The highest BCUT2D eigenvalue weighted by atomic mass is 32.2. The maximum Gasteiger partial charge on any atom is 0.335 e. The van der Waals surface area contributed by atoms with Crippen molar-refractivity contribution in [2.45, 2.75) is 12.3 Å². The molecule has 0 radical (unpaired) electrons. The van der Waals surface area contributed by atoms with Crippen LogP contribution in [0.25, 0.3) is 0 Å². The SMILES string of the molecule is CN(c1cc(C(=O)O)cc(N2CC(c3ccccc3)CC2=O)c1)S(C)(=O)=O. The molecule has 1 fully saturated rings. The highest BCUT2D eigenvalue weighted by Crippen LogP contribution is 2.34. The number of amides is 1. The van der Waals surface area contributed by atoms with E-state index in [0.717, 1.165) is 16.1 Å². The van der Waals surface area contributed by atoms with Crippen molar-refractivity contribution in [3.05, 3.63) is 59.7 Å². The van der Waals surface area contributed by atoms with Crippen LogP contribution in [-0.2, 0) is 14.8 Å². The van der Waals surface area contributed by atoms with Gasteiger partial charge in [0, 0.05) is 31.6 Å². The van der Waals surface area contributed by atoms with Crippen LogP contribution < -0.4 is 9.21 Å². The number of hydrogen-bond donors (Lipinski definition) is 1. The summed E-state index contributed by atoms with van der Waals surface area (Å²) in [5.74, 6) is -1.31. The summed E-state index contributed by atoms with van der Waals surface area (Å²) >= 11 is 0. The summed E-state index contributed by atoms with van der Waals surface area (Å²) in [7, 11) is -2.22. The quantitative estimate of drug-likeness (QED) is 0.848. The minimum atomic E-state index is -3.57. The zero-order valence-electron chi connectivity index (χ0n) is 15.0. The van der Waals surface area contributed by atoms with E-state index in [9.17, 15) is 23.1 Å². The third-order valence-corrected chi connectivity index (χ3v) is 5.92. The second-order valence-corrected chi connectivity index (χ2v) is 8.60. The van der Waals surface area contributed by atoms with Crippen LogP contribution in [0.4, 0.5) is 11.4 Å². The summed E-state index contributed by atoms with van der Waals surface area (Å²) in [6, 6.07) is 13.8. The van der Waals surface area contributed by atoms with E-state index in [1.807, 2.05) is 30.3 Å². The zero-order chi connectivity index (χ0) is 19.8. The van der Waals surface area contributed by atoms with Gasteiger partial charge in [-0.2, -0.15) is 0 Å². The molecule has 1 heterocycles. The van der Waals surface area contributed by atoms with Crippen molar-refractivity contribution in [3.63, 3.8) is 0 Å². The van der Waals surface area contributed by atoms with Crippen molar-refractivity contribution in [1.82, 2.24) is 0 Å². The van der Waals surface area contributed by atoms with Crippen LogP contribution in [0.1, 0.15) is 28.3 Å². The second-order valence-electron chi connectivity index (χ2n) is 6.59. The Morgan fingerprint density at radius 2 is 1.85 bits per heavy atom. The normalized spacial score (nSPS) is 17.2. The number of aromatic carboxylic acids is 1. The van der Waals surface area contributed by atoms with Gasteiger partial charge in [0.1, 0.15) is 0 Å². The lowest BCUT2D eigenvalue weighted by atomic mass is 9.98. The fourth-order valence-corrected chi connectivity index (χ4v) is 3.64. The van der Waals surface area contributed by atoms with E-state index in [1.165, 1.54) is 30.1 Å². The number of sulfonamides is 1. The number of nitrogens with zero attached hydrogens (tertiary/aromatic N) is 2. The molecule has 1 atom stereocenters. The first kappa shape index (κ1) is 18.9. The van der Waals surface area contributed by atoms with Gasteiger partial charge in [0.25, 0.3) is 0 Å². The van der Waals surface area contributed by atoms with E-state index in [-0.39, 0.29) is 23.1 Å². The average molecular weight is 388 g/mol. The molecule has 1 amide bonds. The maximum atomic E-state index is 12.6. The monoisotopic (exact) mass is 388 g/mol. The first-order chi connectivity index (χ1) is 12.7. The second kappa shape index (κ2) is 7.03. The molecule has 1 aliphatic heterocycles. The number of carboxylic acids is 1. The Morgan fingerprint density at radius 1 is 1.19 bits per heavy atom. The molecule has 0 aliphatic carbocycles. The Morgan fingerprint density at radius 3 is 2.44 bits per heavy atom. The van der Waals surface area contributed by atoms with Gasteiger partial charge in [0.05, 0.1) is 17.5 Å². The zero-order valence-corrected chi connectivity index (χ0v) is 15.8. The Kier molecular flexibility index (Phi) is 4.93. The van der Waals surface area contributed by atoms with Gasteiger partial charge in [-0.15, -0.1) is 0 Å². The molecule has 27 heavy (non-hydrogen) atoms. The molecular weight excluding hydrogens is 368 g/mol. The third-order valence-electron chi connectivity index (χ3n) is 4.72. The Bertz CT molecular complexity index is 988. The predicted molar refractivity (Wildman–Crippen MR) is 103 cm³/mol. The minimum Gasteiger partial charge on any atom is -0.478 e. The molecular formula is C19H20N2O5S. The summed E-state index contributed by atoms with van der Waals surface area (Å²) < 4.78 is 24.7. The minimum absolute atomic E-state index is 0.00303. The van der Waals surface area contributed by atoms with Crippen molar-refractivity contribution in [3.8, 4) is 0 Å². The van der Waals surface area contributed by atoms with Crippen LogP contribution >= 0.6 is 0 Å². The molecule has 7 nitrogen and oxygen atoms in total. The molecule has 0 aromatic heterocycles. The lowest BCUT2D eigenvalue weighted by Crippen LogP contribution is -2.27. The largest absolute Gasteiger partial charge is 0.478 e. The van der Waals surface area contributed by atoms with Gasteiger partial charge < -0.3 is 10.0 Å². The number of hydrogen-bond acceptors (Lipinski definition) is 4. The molecule has 3 rings (SSSR count). The number of carboxylic acid groups (broad SMARTS) is 1. The maximum absolute atomic E-state index is 12.6. The number of rotatable bonds is 5. The average Bonchev–Trinajstić information content (AvgIpc) is 3.02. The van der Waals surface area contributed by atoms with E-state index in [1.54, 1.807) is 0 Å². The van der Waals surface area contributed by atoms with E-state index in [2.05, 4.69) is 0 Å². The van der Waals surface area contributed by atoms with Crippen LogP contribution in [0, 0.1) is 0 Å². The summed E-state index contributed by atoms with van der Waals surface area (Å²) in [4.78, 5) is 25.6. The van der Waals surface area contributed by atoms with Gasteiger partial charge in [0.2, 0.25) is 15.9 Å². The molecule has 0 saturated carbocycles. The third kappa shape index (κ3) is 3.95. The van der Waals surface area contributed by atoms with Crippen molar-refractivity contribution in [2.75, 3.05) is 29.1 Å². The Balaban J connectivity index is 1.99. The first-order valence-corrected chi connectivity index (χ1v) is 10.2. The van der Waals surface area contributed by atoms with Crippen LogP contribution in [0.3, 0.4) is 0 Å². The molecule has 2 aromatic rings. The number of carbonyl (C=O) groups is 2. The summed E-state index contributed by atoms with van der Waals surface area (Å²) in [6.07, 6.45) is 1.35. The predicted octanol–water partition coefficient (Wildman–Crippen LogP) is 2.30. The van der Waals surface area contributed by atoms with E-state index >= 15 is 0 Å². The Hall–Kier alpha value is -2.87. The molecule has 1 unspecified atom stereocenters. The van der Waals surface area contributed by atoms with Gasteiger partial charge >= 0.3 is 5.97 Å². The summed E-state index contributed by atoms with van der Waals surface area (Å²) in [6.45, 7) is 0.411. The first-order valence-electron chi connectivity index (χ1n) is 8.34. The topological polar surface area (TPSA) is 95.0 Å². The van der Waals surface area contributed by atoms with Gasteiger partial charge in [-0.1, -0.05) is 30.3 Å². The molecule has 0 bridgehead atoms. The highest BCUT2D eigenvalue weighted by molar-refractivity contribution is 7.92. The van der Waals surface area contributed by atoms with E-state index in [0.29, 0.717) is 18.7 Å². The molecule has 1 N–H and O–H groups in total. The lowest BCUT2D eigenvalue weighted by Gasteiger charge is -2.22. The van der Waals surface area contributed by atoms with E-state index in [4.69, 9.17) is 0 Å². The van der Waals surface area contributed by atoms with Crippen LogP contribution in [0.15, 0.2) is 48.5 Å². The molecule has 2 aromatic carbocycles. The fourth-order valence-electron chi connectivity index (χ4n) is 3.15. The molecule has 0 spiro atoms. The smallest absolute Gasteiger partial charge is 0.335 e. The van der Waals surface area contributed by atoms with Gasteiger partial charge in [-0.3, -0.25) is 9.10 Å². The van der Waals surface area contributed by atoms with Gasteiger partial charge in [0.15, 0.2) is 0 Å². The van der Waals surface area contributed by atoms with Crippen LogP contribution in [0.2, 0.25) is 0 Å². The van der Waals surface area contributed by atoms with Crippen molar-refractivity contribution in [2.24, 2.45) is 0 Å². The lowest BCUT2D eigenvalue weighted by molar-refractivity contribution is -0.117. The van der Waals surface area contributed by atoms with Crippen molar-refractivity contribution in [1.29, 1.82) is 0 Å². The van der Waals surface area contributed by atoms with Crippen LogP contribution in [0.5, 0.6) is 0 Å². The van der Waals surface area contributed by atoms with Gasteiger partial charge in [-0.05, 0) is 23.8 Å². The standard InChI is InChI=1S/C19H20N2O5S/c1-20(27(2,25)26)16-8-14(19(23)24)9-17(11-16)21-12-15(10-18(21)22)13-6-4-3-5-7-13/h3-9,11,15H,10,12H2,1-2H3,(H,23,24).